The fourth-order valence-corrected chi connectivity index (χ4v) is 4.21. The number of rotatable bonds is 4. The van der Waals surface area contributed by atoms with Gasteiger partial charge in [0.15, 0.2) is 0 Å². The molecule has 0 unspecified atom stereocenters. The van der Waals surface area contributed by atoms with Gasteiger partial charge in [-0.05, 0) is 60.7 Å². The maximum absolute atomic E-state index is 13.5. The van der Waals surface area contributed by atoms with Gasteiger partial charge in [0.2, 0.25) is 5.69 Å². The fraction of sp³-hybridized carbons (Fsp3) is 0.273. The third kappa shape index (κ3) is 3.69. The van der Waals surface area contributed by atoms with Gasteiger partial charge in [0.25, 0.3) is 5.56 Å². The van der Waals surface area contributed by atoms with Gasteiger partial charge in [-0.1, -0.05) is 12.1 Å². The summed E-state index contributed by atoms with van der Waals surface area (Å²) in [5.74, 6) is -1.17. The van der Waals surface area contributed by atoms with Crippen LogP contribution in [0.25, 0.3) is 5.69 Å². The molecule has 1 atom stereocenters. The predicted octanol–water partition coefficient (Wildman–Crippen LogP) is 2.96. The molecule has 0 saturated heterocycles. The number of carboxylic acids is 1. The molecule has 0 aliphatic heterocycles. The van der Waals surface area contributed by atoms with Gasteiger partial charge in [0, 0.05) is 0 Å². The zero-order valence-electron chi connectivity index (χ0n) is 17.5. The third-order valence-electron chi connectivity index (χ3n) is 5.70. The summed E-state index contributed by atoms with van der Waals surface area (Å²) in [7, 11) is 1.45. The number of benzene rings is 2. The molecule has 1 aromatic heterocycles. The summed E-state index contributed by atoms with van der Waals surface area (Å²) in [6, 6.07) is 7.11. The first kappa shape index (κ1) is 22.3. The Hall–Kier alpha value is -3.89. The second-order valence-corrected chi connectivity index (χ2v) is 7.60. The van der Waals surface area contributed by atoms with E-state index in [1.165, 1.54) is 31.4 Å². The summed E-state index contributed by atoms with van der Waals surface area (Å²) >= 11 is 0. The minimum Gasteiger partial charge on any atom is -0.497 e. The first-order valence-electron chi connectivity index (χ1n) is 9.87. The van der Waals surface area contributed by atoms with Crippen molar-refractivity contribution in [3.05, 3.63) is 85.2 Å². The highest BCUT2D eigenvalue weighted by Crippen LogP contribution is 2.41. The number of aryl methyl sites for hydroxylation is 1. The Balaban J connectivity index is 1.98. The summed E-state index contributed by atoms with van der Waals surface area (Å²) < 4.78 is 47.0. The quantitative estimate of drug-likeness (QED) is 0.641. The number of methoxy groups -OCH3 is 1. The number of carboxylic acid groups (broad SMARTS) is 1. The van der Waals surface area contributed by atoms with Crippen LogP contribution in [0.15, 0.2) is 46.0 Å². The molecule has 1 N–H and O–H groups in total. The van der Waals surface area contributed by atoms with E-state index in [1.807, 2.05) is 0 Å². The number of alkyl halides is 3. The molecule has 172 valence electrons. The van der Waals surface area contributed by atoms with Crippen LogP contribution in [-0.2, 0) is 12.6 Å². The zero-order chi connectivity index (χ0) is 24.1. The van der Waals surface area contributed by atoms with E-state index >= 15 is 0 Å². The number of hydrogen-bond acceptors (Lipinski definition) is 5. The van der Waals surface area contributed by atoms with Gasteiger partial charge in [-0.3, -0.25) is 4.79 Å². The molecule has 3 aromatic rings. The van der Waals surface area contributed by atoms with Crippen molar-refractivity contribution in [1.82, 2.24) is 14.3 Å². The molecule has 0 radical (unpaired) electrons. The summed E-state index contributed by atoms with van der Waals surface area (Å²) in [6.07, 6.45) is -4.59. The van der Waals surface area contributed by atoms with Gasteiger partial charge in [-0.2, -0.15) is 23.0 Å². The van der Waals surface area contributed by atoms with Crippen molar-refractivity contribution in [2.45, 2.75) is 32.0 Å². The van der Waals surface area contributed by atoms with Crippen LogP contribution in [-0.4, -0.2) is 32.5 Å². The van der Waals surface area contributed by atoms with Crippen molar-refractivity contribution < 1.29 is 27.8 Å². The molecular weight excluding hydrogens is 443 g/mol. The Morgan fingerprint density at radius 2 is 1.94 bits per heavy atom. The fourth-order valence-electron chi connectivity index (χ4n) is 4.21. The number of ether oxygens (including phenoxy) is 1. The largest absolute Gasteiger partial charge is 0.497 e. The number of aromatic nitrogens is 3. The Labute approximate surface area is 184 Å². The van der Waals surface area contributed by atoms with E-state index in [1.54, 1.807) is 13.0 Å². The lowest BCUT2D eigenvalue weighted by Crippen LogP contribution is -2.46. The normalized spacial score (nSPS) is 15.4. The van der Waals surface area contributed by atoms with Crippen LogP contribution in [0.4, 0.5) is 13.2 Å². The van der Waals surface area contributed by atoms with Gasteiger partial charge in [0.1, 0.15) is 5.75 Å². The average molecular weight is 461 g/mol. The number of fused-ring (bicyclic) bond motifs is 1. The van der Waals surface area contributed by atoms with E-state index in [0.29, 0.717) is 15.9 Å². The molecule has 1 aliphatic rings. The van der Waals surface area contributed by atoms with Crippen molar-refractivity contribution in [2.75, 3.05) is 7.11 Å². The highest BCUT2D eigenvalue weighted by molar-refractivity contribution is 5.84. The average Bonchev–Trinajstić information content (AvgIpc) is 3.17. The summed E-state index contributed by atoms with van der Waals surface area (Å²) in [5, 5.41) is 13.3. The van der Waals surface area contributed by atoms with Crippen molar-refractivity contribution in [3.63, 3.8) is 0 Å². The van der Waals surface area contributed by atoms with E-state index in [9.17, 15) is 32.7 Å². The Morgan fingerprint density at radius 1 is 1.21 bits per heavy atom. The molecular formula is C22H18F3N3O5. The number of carbonyl (C=O) groups is 1. The van der Waals surface area contributed by atoms with E-state index < -0.39 is 40.7 Å². The maximum Gasteiger partial charge on any atom is 0.416 e. The SMILES string of the molecule is COc1ccc(-n2nc(C(=O)O)c(=O)n([C@@H]3CCc4c3cccc4C(F)(F)F)c2=O)c(C)c1. The van der Waals surface area contributed by atoms with Crippen molar-refractivity contribution >= 4 is 5.97 Å². The Morgan fingerprint density at radius 3 is 2.55 bits per heavy atom. The number of nitrogens with zero attached hydrogens (tertiary/aromatic N) is 3. The first-order valence-corrected chi connectivity index (χ1v) is 9.87. The van der Waals surface area contributed by atoms with Crippen LogP contribution < -0.4 is 16.0 Å². The van der Waals surface area contributed by atoms with Crippen LogP contribution in [0.5, 0.6) is 5.75 Å². The first-order chi connectivity index (χ1) is 15.5. The molecule has 0 spiro atoms. The molecule has 0 amide bonds. The van der Waals surface area contributed by atoms with Crippen LogP contribution in [0.2, 0.25) is 0 Å². The Kier molecular flexibility index (Phi) is 5.35. The van der Waals surface area contributed by atoms with Crippen LogP contribution >= 0.6 is 0 Å². The number of aromatic carboxylic acids is 1. The van der Waals surface area contributed by atoms with Gasteiger partial charge in [0.05, 0.1) is 24.4 Å². The second-order valence-electron chi connectivity index (χ2n) is 7.60. The van der Waals surface area contributed by atoms with E-state index in [-0.39, 0.29) is 29.7 Å². The number of halogens is 3. The molecule has 0 bridgehead atoms. The zero-order valence-corrected chi connectivity index (χ0v) is 17.5. The lowest BCUT2D eigenvalue weighted by Gasteiger charge is -2.18. The van der Waals surface area contributed by atoms with Gasteiger partial charge < -0.3 is 9.84 Å². The molecule has 0 saturated carbocycles. The maximum atomic E-state index is 13.5. The van der Waals surface area contributed by atoms with Crippen molar-refractivity contribution in [3.8, 4) is 11.4 Å². The predicted molar refractivity (Wildman–Crippen MR) is 110 cm³/mol. The van der Waals surface area contributed by atoms with Crippen LogP contribution in [0, 0.1) is 6.92 Å². The molecule has 1 aliphatic carbocycles. The molecule has 0 fully saturated rings. The smallest absolute Gasteiger partial charge is 0.416 e. The molecule has 2 aromatic carbocycles. The minimum atomic E-state index is -4.60. The Bertz CT molecular complexity index is 1390. The molecule has 8 nitrogen and oxygen atoms in total. The van der Waals surface area contributed by atoms with Gasteiger partial charge in [-0.15, -0.1) is 0 Å². The second kappa shape index (κ2) is 7.91. The molecule has 1 heterocycles. The highest BCUT2D eigenvalue weighted by atomic mass is 19.4. The van der Waals surface area contributed by atoms with Gasteiger partial charge >= 0.3 is 17.8 Å². The highest BCUT2D eigenvalue weighted by Gasteiger charge is 2.38. The van der Waals surface area contributed by atoms with Crippen LogP contribution in [0.1, 0.15) is 45.2 Å². The minimum absolute atomic E-state index is 0.0119. The third-order valence-corrected chi connectivity index (χ3v) is 5.70. The number of hydrogen-bond donors (Lipinski definition) is 1. The summed E-state index contributed by atoms with van der Waals surface area (Å²) in [6.45, 7) is 1.64. The lowest BCUT2D eigenvalue weighted by molar-refractivity contribution is -0.138. The molecule has 4 rings (SSSR count). The topological polar surface area (TPSA) is 103 Å². The summed E-state index contributed by atoms with van der Waals surface area (Å²) in [4.78, 5) is 38.1. The van der Waals surface area contributed by atoms with Gasteiger partial charge in [-0.25, -0.2) is 14.2 Å². The molecule has 11 heteroatoms. The monoisotopic (exact) mass is 461 g/mol. The van der Waals surface area contributed by atoms with Crippen molar-refractivity contribution in [1.29, 1.82) is 0 Å². The van der Waals surface area contributed by atoms with E-state index in [2.05, 4.69) is 5.10 Å². The van der Waals surface area contributed by atoms with Crippen LogP contribution in [0.3, 0.4) is 0 Å². The van der Waals surface area contributed by atoms with E-state index in [4.69, 9.17) is 4.74 Å². The van der Waals surface area contributed by atoms with Crippen molar-refractivity contribution in [2.24, 2.45) is 0 Å². The standard InChI is InChI=1S/C22H18F3N3O5/c1-11-10-12(33-2)6-8-16(11)28-21(32)27(19(29)18(26-28)20(30)31)17-9-7-13-14(17)4-3-5-15(13)22(23,24)25/h3-6,8,10,17H,7,9H2,1-2H3,(H,30,31)/t17-/m1/s1. The summed E-state index contributed by atoms with van der Waals surface area (Å²) in [5.41, 5.74) is -3.01. The lowest BCUT2D eigenvalue weighted by atomic mass is 10.0. The van der Waals surface area contributed by atoms with E-state index in [0.717, 1.165) is 10.7 Å². The molecule has 33 heavy (non-hydrogen) atoms.